The van der Waals surface area contributed by atoms with Crippen LogP contribution in [0.2, 0.25) is 0 Å². The summed E-state index contributed by atoms with van der Waals surface area (Å²) in [6.07, 6.45) is 1.99. The Labute approximate surface area is 224 Å². The van der Waals surface area contributed by atoms with E-state index in [4.69, 9.17) is 4.74 Å². The van der Waals surface area contributed by atoms with E-state index in [0.29, 0.717) is 11.1 Å². The molecule has 5 nitrogen and oxygen atoms in total. The SMILES string of the molecule is COC(=O)c1ccc(-c2ccccc2CN2CCCc3cc(C(=O)N[C@@H](C)c4ccccc4)ccc32)cc1. The van der Waals surface area contributed by atoms with Crippen LogP contribution in [0.4, 0.5) is 5.69 Å². The van der Waals surface area contributed by atoms with E-state index in [2.05, 4.69) is 34.5 Å². The summed E-state index contributed by atoms with van der Waals surface area (Å²) < 4.78 is 4.83. The summed E-state index contributed by atoms with van der Waals surface area (Å²) in [5.74, 6) is -0.389. The zero-order chi connectivity index (χ0) is 26.5. The second-order valence-electron chi connectivity index (χ2n) is 9.70. The number of esters is 1. The van der Waals surface area contributed by atoms with Crippen LogP contribution in [0.1, 0.15) is 56.8 Å². The lowest BCUT2D eigenvalue weighted by molar-refractivity contribution is 0.0600. The first kappa shape index (κ1) is 25.3. The highest BCUT2D eigenvalue weighted by Gasteiger charge is 2.21. The largest absolute Gasteiger partial charge is 0.465 e. The van der Waals surface area contributed by atoms with Gasteiger partial charge in [-0.3, -0.25) is 4.79 Å². The molecule has 5 rings (SSSR count). The third-order valence-corrected chi connectivity index (χ3v) is 7.20. The van der Waals surface area contributed by atoms with Gasteiger partial charge in [-0.05, 0) is 77.9 Å². The Kier molecular flexibility index (Phi) is 7.55. The Morgan fingerprint density at radius 3 is 2.37 bits per heavy atom. The number of hydrogen-bond acceptors (Lipinski definition) is 4. The Morgan fingerprint density at radius 1 is 0.895 bits per heavy atom. The predicted octanol–water partition coefficient (Wildman–Crippen LogP) is 6.58. The van der Waals surface area contributed by atoms with Crippen molar-refractivity contribution in [2.24, 2.45) is 0 Å². The highest BCUT2D eigenvalue weighted by Crippen LogP contribution is 2.32. The van der Waals surface area contributed by atoms with E-state index < -0.39 is 0 Å². The average Bonchev–Trinajstić information content (AvgIpc) is 2.97. The summed E-state index contributed by atoms with van der Waals surface area (Å²) in [6, 6.07) is 31.9. The molecule has 0 aliphatic carbocycles. The summed E-state index contributed by atoms with van der Waals surface area (Å²) in [7, 11) is 1.39. The van der Waals surface area contributed by atoms with Gasteiger partial charge in [0.15, 0.2) is 0 Å². The molecule has 0 spiro atoms. The van der Waals surface area contributed by atoms with E-state index in [1.165, 1.54) is 23.9 Å². The molecule has 0 bridgehead atoms. The molecule has 1 heterocycles. The molecule has 0 radical (unpaired) electrons. The lowest BCUT2D eigenvalue weighted by atomic mass is 9.95. The van der Waals surface area contributed by atoms with Crippen LogP contribution >= 0.6 is 0 Å². The maximum Gasteiger partial charge on any atom is 0.337 e. The van der Waals surface area contributed by atoms with E-state index >= 15 is 0 Å². The van der Waals surface area contributed by atoms with Gasteiger partial charge in [-0.1, -0.05) is 66.7 Å². The molecule has 1 atom stereocenters. The molecule has 1 N–H and O–H groups in total. The first-order valence-corrected chi connectivity index (χ1v) is 13.0. The molecular formula is C33H32N2O3. The molecule has 1 aliphatic rings. The van der Waals surface area contributed by atoms with Gasteiger partial charge in [-0.25, -0.2) is 4.79 Å². The molecule has 0 fully saturated rings. The molecule has 0 unspecified atom stereocenters. The number of amides is 1. The molecule has 0 saturated carbocycles. The highest BCUT2D eigenvalue weighted by molar-refractivity contribution is 5.95. The second-order valence-corrected chi connectivity index (χ2v) is 9.70. The van der Waals surface area contributed by atoms with Gasteiger partial charge in [-0.15, -0.1) is 0 Å². The van der Waals surface area contributed by atoms with Gasteiger partial charge in [0, 0.05) is 24.3 Å². The number of ether oxygens (including phenoxy) is 1. The molecule has 4 aromatic carbocycles. The van der Waals surface area contributed by atoms with Crippen molar-refractivity contribution in [3.63, 3.8) is 0 Å². The van der Waals surface area contributed by atoms with Crippen LogP contribution in [0.25, 0.3) is 11.1 Å². The van der Waals surface area contributed by atoms with Crippen LogP contribution in [-0.2, 0) is 17.7 Å². The zero-order valence-corrected chi connectivity index (χ0v) is 21.8. The maximum absolute atomic E-state index is 13.0. The van der Waals surface area contributed by atoms with Gasteiger partial charge in [0.05, 0.1) is 18.7 Å². The fraction of sp³-hybridized carbons (Fsp3) is 0.212. The van der Waals surface area contributed by atoms with E-state index in [9.17, 15) is 9.59 Å². The number of nitrogens with one attached hydrogen (secondary N) is 1. The number of nitrogens with zero attached hydrogens (tertiary/aromatic N) is 1. The number of benzene rings is 4. The monoisotopic (exact) mass is 504 g/mol. The van der Waals surface area contributed by atoms with E-state index in [1.807, 2.05) is 67.6 Å². The molecule has 0 saturated heterocycles. The number of hydrogen-bond donors (Lipinski definition) is 1. The van der Waals surface area contributed by atoms with Crippen molar-refractivity contribution >= 4 is 17.6 Å². The topological polar surface area (TPSA) is 58.6 Å². The van der Waals surface area contributed by atoms with Crippen molar-refractivity contribution in [3.8, 4) is 11.1 Å². The van der Waals surface area contributed by atoms with E-state index in [0.717, 1.165) is 42.6 Å². The lowest BCUT2D eigenvalue weighted by Crippen LogP contribution is -2.30. The highest BCUT2D eigenvalue weighted by atomic mass is 16.5. The van der Waals surface area contributed by atoms with E-state index in [-0.39, 0.29) is 17.9 Å². The van der Waals surface area contributed by atoms with Crippen LogP contribution in [0, 0.1) is 0 Å². The van der Waals surface area contributed by atoms with Gasteiger partial charge in [0.25, 0.3) is 5.91 Å². The Morgan fingerprint density at radius 2 is 1.61 bits per heavy atom. The van der Waals surface area contributed by atoms with Crippen LogP contribution in [-0.4, -0.2) is 25.5 Å². The molecule has 1 aliphatic heterocycles. The van der Waals surface area contributed by atoms with Crippen LogP contribution in [0.5, 0.6) is 0 Å². The molecule has 38 heavy (non-hydrogen) atoms. The minimum Gasteiger partial charge on any atom is -0.465 e. The average molecular weight is 505 g/mol. The van der Waals surface area contributed by atoms with Crippen molar-refractivity contribution in [2.75, 3.05) is 18.6 Å². The first-order valence-electron chi connectivity index (χ1n) is 13.0. The van der Waals surface area contributed by atoms with Gasteiger partial charge < -0.3 is 15.0 Å². The normalized spacial score (nSPS) is 13.4. The molecule has 0 aromatic heterocycles. The third kappa shape index (κ3) is 5.47. The predicted molar refractivity (Wildman–Crippen MR) is 151 cm³/mol. The van der Waals surface area contributed by atoms with Crippen molar-refractivity contribution < 1.29 is 14.3 Å². The Hall–Kier alpha value is -4.38. The lowest BCUT2D eigenvalue weighted by Gasteiger charge is -2.32. The van der Waals surface area contributed by atoms with Crippen molar-refractivity contribution in [3.05, 3.63) is 125 Å². The zero-order valence-electron chi connectivity index (χ0n) is 21.8. The number of carbonyl (C=O) groups excluding carboxylic acids is 2. The van der Waals surface area contributed by atoms with Crippen molar-refractivity contribution in [1.29, 1.82) is 0 Å². The number of carbonyl (C=O) groups is 2. The van der Waals surface area contributed by atoms with Crippen molar-refractivity contribution in [2.45, 2.75) is 32.4 Å². The van der Waals surface area contributed by atoms with Crippen LogP contribution < -0.4 is 10.2 Å². The van der Waals surface area contributed by atoms with E-state index in [1.54, 1.807) is 12.1 Å². The summed E-state index contributed by atoms with van der Waals surface area (Å²) in [5.41, 5.74) is 8.12. The number of fused-ring (bicyclic) bond motifs is 1. The minimum absolute atomic E-state index is 0.0537. The summed E-state index contributed by atoms with van der Waals surface area (Å²) in [6.45, 7) is 3.73. The number of anilines is 1. The maximum atomic E-state index is 13.0. The molecule has 192 valence electrons. The first-order chi connectivity index (χ1) is 18.5. The quantitative estimate of drug-likeness (QED) is 0.289. The second kappa shape index (κ2) is 11.3. The summed E-state index contributed by atoms with van der Waals surface area (Å²) >= 11 is 0. The Balaban J connectivity index is 1.34. The van der Waals surface area contributed by atoms with Crippen LogP contribution in [0.3, 0.4) is 0 Å². The molecular weight excluding hydrogens is 472 g/mol. The Bertz CT molecular complexity index is 1430. The van der Waals surface area contributed by atoms with Gasteiger partial charge in [-0.2, -0.15) is 0 Å². The van der Waals surface area contributed by atoms with Crippen molar-refractivity contribution in [1.82, 2.24) is 5.32 Å². The summed E-state index contributed by atoms with van der Waals surface area (Å²) in [5, 5.41) is 3.13. The smallest absolute Gasteiger partial charge is 0.337 e. The van der Waals surface area contributed by atoms with Gasteiger partial charge in [0.1, 0.15) is 0 Å². The molecule has 4 aromatic rings. The van der Waals surface area contributed by atoms with Crippen LogP contribution in [0.15, 0.2) is 97.1 Å². The van der Waals surface area contributed by atoms with Gasteiger partial charge in [0.2, 0.25) is 0 Å². The number of rotatable bonds is 7. The standard InChI is InChI=1S/C33H32N2O3/c1-23(24-9-4-3-5-10-24)34-32(36)28-18-19-31-27(21-28)12-8-20-35(31)22-29-11-6-7-13-30(29)25-14-16-26(17-15-25)33(37)38-2/h3-7,9-11,13-19,21,23H,8,12,20,22H2,1-2H3,(H,34,36)/t23-/m0/s1. The number of methoxy groups -OCH3 is 1. The third-order valence-electron chi connectivity index (χ3n) is 7.20. The molecule has 1 amide bonds. The fourth-order valence-corrected chi connectivity index (χ4v) is 5.13. The minimum atomic E-state index is -0.336. The summed E-state index contributed by atoms with van der Waals surface area (Å²) in [4.78, 5) is 27.3. The number of aryl methyl sites for hydroxylation is 1. The van der Waals surface area contributed by atoms with Gasteiger partial charge >= 0.3 is 5.97 Å². The fourth-order valence-electron chi connectivity index (χ4n) is 5.13. The molecule has 5 heteroatoms.